The van der Waals surface area contributed by atoms with Gasteiger partial charge in [0.1, 0.15) is 0 Å². The van der Waals surface area contributed by atoms with Gasteiger partial charge in [0.05, 0.1) is 11.2 Å². The lowest BCUT2D eigenvalue weighted by Crippen LogP contribution is -2.00. The minimum Gasteiger partial charge on any atom is -0.248 e. The highest BCUT2D eigenvalue weighted by atomic mass is 15.0. The Bertz CT molecular complexity index is 2930. The second kappa shape index (κ2) is 14.3. The van der Waals surface area contributed by atoms with Gasteiger partial charge in [-0.2, -0.15) is 0 Å². The van der Waals surface area contributed by atoms with Crippen LogP contribution in [0.15, 0.2) is 206 Å². The SMILES string of the molecule is c1ccc(-c2cc(-c3ccccc3)c3c(ccc4cc(-c5cccc(-c6ccc(-c7nc(-c8ccccc8)nc(-c8ccccc8)n7)cc6)c5)ccc43)n2)cc1. The molecule has 8 aromatic carbocycles. The molecule has 0 amide bonds. The minimum absolute atomic E-state index is 0.642. The second-order valence-electron chi connectivity index (χ2n) is 13.9. The van der Waals surface area contributed by atoms with Crippen LogP contribution in [-0.4, -0.2) is 19.9 Å². The molecule has 0 N–H and O–H groups in total. The normalized spacial score (nSPS) is 11.2. The van der Waals surface area contributed by atoms with Crippen LogP contribution in [0.3, 0.4) is 0 Å². The molecular weight excluding hydrogens is 681 g/mol. The monoisotopic (exact) mass is 714 g/mol. The van der Waals surface area contributed by atoms with Crippen molar-refractivity contribution in [1.82, 2.24) is 19.9 Å². The maximum atomic E-state index is 5.16. The molecule has 0 saturated carbocycles. The lowest BCUT2D eigenvalue weighted by Gasteiger charge is -2.14. The van der Waals surface area contributed by atoms with E-state index < -0.39 is 0 Å². The summed E-state index contributed by atoms with van der Waals surface area (Å²) in [4.78, 5) is 19.8. The van der Waals surface area contributed by atoms with E-state index in [1.54, 1.807) is 0 Å². The summed E-state index contributed by atoms with van der Waals surface area (Å²) in [7, 11) is 0. The quantitative estimate of drug-likeness (QED) is 0.154. The zero-order chi connectivity index (χ0) is 37.3. The van der Waals surface area contributed by atoms with E-state index in [-0.39, 0.29) is 0 Å². The molecule has 10 rings (SSSR count). The third-order valence-corrected chi connectivity index (χ3v) is 10.3. The molecule has 10 aromatic rings. The number of fused-ring (bicyclic) bond motifs is 3. The van der Waals surface area contributed by atoms with Gasteiger partial charge < -0.3 is 0 Å². The molecular formula is C52H34N4. The first-order valence-corrected chi connectivity index (χ1v) is 18.8. The molecule has 0 unspecified atom stereocenters. The van der Waals surface area contributed by atoms with Crippen molar-refractivity contribution in [3.8, 4) is 78.8 Å². The molecule has 2 heterocycles. The zero-order valence-corrected chi connectivity index (χ0v) is 30.4. The Hall–Kier alpha value is -7.56. The fraction of sp³-hybridized carbons (Fsp3) is 0. The topological polar surface area (TPSA) is 51.6 Å². The average Bonchev–Trinajstić information content (AvgIpc) is 3.29. The third kappa shape index (κ3) is 6.40. The molecule has 0 radical (unpaired) electrons. The van der Waals surface area contributed by atoms with E-state index >= 15 is 0 Å². The van der Waals surface area contributed by atoms with Crippen molar-refractivity contribution >= 4 is 21.7 Å². The Balaban J connectivity index is 1.00. The standard InChI is InChI=1S/C52H34N4/c1-5-14-36(15-6-1)46-34-48(37-16-7-2-8-17-37)53-47-31-29-44-33-43(28-30-45(44)49(46)47)42-23-13-22-41(32-42)35-24-26-40(27-25-35)52-55-50(38-18-9-3-10-19-38)54-51(56-52)39-20-11-4-12-21-39/h1-34H. The van der Waals surface area contributed by atoms with E-state index in [2.05, 4.69) is 140 Å². The molecule has 2 aromatic heterocycles. The van der Waals surface area contributed by atoms with Gasteiger partial charge in [0, 0.05) is 27.6 Å². The lowest BCUT2D eigenvalue weighted by atomic mass is 9.92. The van der Waals surface area contributed by atoms with Crippen molar-refractivity contribution in [2.24, 2.45) is 0 Å². The van der Waals surface area contributed by atoms with Gasteiger partial charge in [0.25, 0.3) is 0 Å². The molecule has 0 saturated heterocycles. The van der Waals surface area contributed by atoms with Crippen LogP contribution in [0.5, 0.6) is 0 Å². The van der Waals surface area contributed by atoms with Gasteiger partial charge in [0.15, 0.2) is 17.5 Å². The summed E-state index contributed by atoms with van der Waals surface area (Å²) in [6.07, 6.45) is 0. The molecule has 0 fully saturated rings. The zero-order valence-electron chi connectivity index (χ0n) is 30.4. The van der Waals surface area contributed by atoms with Gasteiger partial charge in [-0.1, -0.05) is 182 Å². The van der Waals surface area contributed by atoms with Crippen LogP contribution in [0.25, 0.3) is 100 Å². The van der Waals surface area contributed by atoms with Crippen molar-refractivity contribution in [1.29, 1.82) is 0 Å². The molecule has 0 aliphatic carbocycles. The van der Waals surface area contributed by atoms with E-state index in [1.807, 2.05) is 66.7 Å². The van der Waals surface area contributed by atoms with Crippen LogP contribution in [0, 0.1) is 0 Å². The van der Waals surface area contributed by atoms with Gasteiger partial charge in [-0.05, 0) is 68.4 Å². The molecule has 0 atom stereocenters. The molecule has 0 spiro atoms. The Morgan fingerprint density at radius 2 is 0.714 bits per heavy atom. The van der Waals surface area contributed by atoms with Gasteiger partial charge >= 0.3 is 0 Å². The van der Waals surface area contributed by atoms with Crippen LogP contribution < -0.4 is 0 Å². The second-order valence-corrected chi connectivity index (χ2v) is 13.9. The highest BCUT2D eigenvalue weighted by Crippen LogP contribution is 2.38. The van der Waals surface area contributed by atoms with Crippen LogP contribution in [0.4, 0.5) is 0 Å². The first-order chi connectivity index (χ1) is 27.7. The Morgan fingerprint density at radius 3 is 1.30 bits per heavy atom. The third-order valence-electron chi connectivity index (χ3n) is 10.3. The fourth-order valence-corrected chi connectivity index (χ4v) is 7.47. The Morgan fingerprint density at radius 1 is 0.268 bits per heavy atom. The van der Waals surface area contributed by atoms with Crippen LogP contribution in [0.1, 0.15) is 0 Å². The van der Waals surface area contributed by atoms with Crippen molar-refractivity contribution in [2.75, 3.05) is 0 Å². The fourth-order valence-electron chi connectivity index (χ4n) is 7.47. The number of aromatic nitrogens is 4. The molecule has 0 bridgehead atoms. The van der Waals surface area contributed by atoms with Crippen molar-refractivity contribution < 1.29 is 0 Å². The summed E-state index contributed by atoms with van der Waals surface area (Å²) in [5, 5.41) is 3.53. The van der Waals surface area contributed by atoms with Crippen molar-refractivity contribution in [3.63, 3.8) is 0 Å². The van der Waals surface area contributed by atoms with Crippen LogP contribution >= 0.6 is 0 Å². The predicted molar refractivity (Wildman–Crippen MR) is 231 cm³/mol. The molecule has 4 heteroatoms. The molecule has 56 heavy (non-hydrogen) atoms. The van der Waals surface area contributed by atoms with Crippen molar-refractivity contribution in [3.05, 3.63) is 206 Å². The Labute approximate surface area is 325 Å². The summed E-state index contributed by atoms with van der Waals surface area (Å²) in [5.74, 6) is 1.95. The first-order valence-electron chi connectivity index (χ1n) is 18.8. The number of nitrogens with zero attached hydrogens (tertiary/aromatic N) is 4. The van der Waals surface area contributed by atoms with E-state index in [9.17, 15) is 0 Å². The van der Waals surface area contributed by atoms with Crippen molar-refractivity contribution in [2.45, 2.75) is 0 Å². The number of pyridine rings is 1. The largest absolute Gasteiger partial charge is 0.248 e. The summed E-state index contributed by atoms with van der Waals surface area (Å²) in [6, 6.07) is 71.8. The maximum absolute atomic E-state index is 5.16. The van der Waals surface area contributed by atoms with Crippen LogP contribution in [0.2, 0.25) is 0 Å². The number of hydrogen-bond donors (Lipinski definition) is 0. The number of rotatable bonds is 7. The molecule has 4 nitrogen and oxygen atoms in total. The van der Waals surface area contributed by atoms with Gasteiger partial charge in [-0.15, -0.1) is 0 Å². The first kappa shape index (κ1) is 33.0. The average molecular weight is 715 g/mol. The summed E-state index contributed by atoms with van der Waals surface area (Å²) >= 11 is 0. The number of hydrogen-bond acceptors (Lipinski definition) is 4. The summed E-state index contributed by atoms with van der Waals surface area (Å²) in [6.45, 7) is 0. The lowest BCUT2D eigenvalue weighted by molar-refractivity contribution is 1.07. The number of benzene rings is 8. The highest BCUT2D eigenvalue weighted by molar-refractivity contribution is 6.14. The van der Waals surface area contributed by atoms with E-state index in [4.69, 9.17) is 19.9 Å². The minimum atomic E-state index is 0.642. The van der Waals surface area contributed by atoms with Crippen LogP contribution in [-0.2, 0) is 0 Å². The van der Waals surface area contributed by atoms with Gasteiger partial charge in [-0.3, -0.25) is 0 Å². The van der Waals surface area contributed by atoms with Gasteiger partial charge in [0.2, 0.25) is 0 Å². The molecule has 0 aliphatic heterocycles. The highest BCUT2D eigenvalue weighted by Gasteiger charge is 2.15. The molecule has 0 aliphatic rings. The van der Waals surface area contributed by atoms with E-state index in [1.165, 1.54) is 27.3 Å². The molecule has 262 valence electrons. The summed E-state index contributed by atoms with van der Waals surface area (Å²) in [5.41, 5.74) is 12.9. The van der Waals surface area contributed by atoms with E-state index in [0.717, 1.165) is 55.7 Å². The maximum Gasteiger partial charge on any atom is 0.164 e. The van der Waals surface area contributed by atoms with E-state index in [0.29, 0.717) is 17.5 Å². The summed E-state index contributed by atoms with van der Waals surface area (Å²) < 4.78 is 0. The van der Waals surface area contributed by atoms with Gasteiger partial charge in [-0.25, -0.2) is 19.9 Å². The predicted octanol–water partition coefficient (Wildman–Crippen LogP) is 13.2. The Kier molecular flexibility index (Phi) is 8.47. The smallest absolute Gasteiger partial charge is 0.164 e.